The normalized spacial score (nSPS) is 10.9. The maximum atomic E-state index is 11.9. The summed E-state index contributed by atoms with van der Waals surface area (Å²) in [5, 5.41) is 13.0. The third-order valence-electron chi connectivity index (χ3n) is 3.42. The van der Waals surface area contributed by atoms with E-state index in [1.54, 1.807) is 33.4 Å². The van der Waals surface area contributed by atoms with Crippen molar-refractivity contribution < 1.29 is 14.6 Å². The van der Waals surface area contributed by atoms with E-state index >= 15 is 0 Å². The zero-order chi connectivity index (χ0) is 18.4. The van der Waals surface area contributed by atoms with Crippen LogP contribution in [0.15, 0.2) is 26.5 Å². The Balaban J connectivity index is 2.19. The van der Waals surface area contributed by atoms with Gasteiger partial charge in [0.05, 0.1) is 30.6 Å². The van der Waals surface area contributed by atoms with Crippen LogP contribution in [-0.4, -0.2) is 42.1 Å². The van der Waals surface area contributed by atoms with Crippen LogP contribution in [0.3, 0.4) is 0 Å². The standard InChI is InChI=1S/C16H19BrN4O4/c1-9-11(4-5-22)15(23)20-16(19-9)21-18-8-10-6-12(17)14(25-3)13(7-10)24-2/h6-8,22H,4-5H2,1-3H3,(H2,19,20,21,23)/b18-8-. The maximum absolute atomic E-state index is 11.9. The van der Waals surface area contributed by atoms with Crippen molar-refractivity contribution in [1.29, 1.82) is 0 Å². The Labute approximate surface area is 153 Å². The van der Waals surface area contributed by atoms with Crippen molar-refractivity contribution in [3.8, 4) is 11.5 Å². The maximum Gasteiger partial charge on any atom is 0.255 e. The summed E-state index contributed by atoms with van der Waals surface area (Å²) in [6.45, 7) is 1.60. The molecule has 1 heterocycles. The van der Waals surface area contributed by atoms with Gasteiger partial charge in [-0.2, -0.15) is 5.10 Å². The predicted molar refractivity (Wildman–Crippen MR) is 98.8 cm³/mol. The van der Waals surface area contributed by atoms with Gasteiger partial charge in [0.1, 0.15) is 0 Å². The number of aromatic amines is 1. The molecule has 0 aliphatic rings. The van der Waals surface area contributed by atoms with Crippen LogP contribution in [0.2, 0.25) is 0 Å². The van der Waals surface area contributed by atoms with Crippen LogP contribution in [0.25, 0.3) is 0 Å². The van der Waals surface area contributed by atoms with Crippen LogP contribution in [0.5, 0.6) is 11.5 Å². The van der Waals surface area contributed by atoms with Crippen molar-refractivity contribution >= 4 is 28.1 Å². The first-order valence-electron chi connectivity index (χ1n) is 7.41. The zero-order valence-electron chi connectivity index (χ0n) is 14.1. The number of benzene rings is 1. The Morgan fingerprint density at radius 2 is 2.16 bits per heavy atom. The summed E-state index contributed by atoms with van der Waals surface area (Å²) in [5.41, 5.74) is 4.15. The number of nitrogens with one attached hydrogen (secondary N) is 2. The SMILES string of the molecule is COc1cc(/C=N\Nc2nc(C)c(CCO)c(=O)[nH]2)cc(Br)c1OC. The smallest absolute Gasteiger partial charge is 0.255 e. The summed E-state index contributed by atoms with van der Waals surface area (Å²) >= 11 is 3.41. The van der Waals surface area contributed by atoms with Crippen LogP contribution < -0.4 is 20.5 Å². The fourth-order valence-corrected chi connectivity index (χ4v) is 2.87. The summed E-state index contributed by atoms with van der Waals surface area (Å²) in [6.07, 6.45) is 1.82. The molecule has 0 aliphatic carbocycles. The second-order valence-electron chi connectivity index (χ2n) is 5.06. The number of hydrogen-bond acceptors (Lipinski definition) is 7. The summed E-state index contributed by atoms with van der Waals surface area (Å²) in [6, 6.07) is 3.58. The van der Waals surface area contributed by atoms with Gasteiger partial charge in [-0.3, -0.25) is 9.78 Å². The minimum Gasteiger partial charge on any atom is -0.493 e. The van der Waals surface area contributed by atoms with Gasteiger partial charge in [0.25, 0.3) is 5.56 Å². The molecule has 9 heteroatoms. The number of H-pyrrole nitrogens is 1. The minimum atomic E-state index is -0.298. The molecule has 0 fully saturated rings. The highest BCUT2D eigenvalue weighted by atomic mass is 79.9. The van der Waals surface area contributed by atoms with Gasteiger partial charge in [-0.05, 0) is 40.5 Å². The molecule has 1 aromatic heterocycles. The summed E-state index contributed by atoms with van der Waals surface area (Å²) < 4.78 is 11.3. The number of aliphatic hydroxyl groups excluding tert-OH is 1. The first-order valence-corrected chi connectivity index (χ1v) is 8.20. The molecule has 2 aromatic rings. The summed E-state index contributed by atoms with van der Waals surface area (Å²) in [5.74, 6) is 1.38. The van der Waals surface area contributed by atoms with E-state index < -0.39 is 0 Å². The molecule has 0 saturated carbocycles. The highest BCUT2D eigenvalue weighted by Gasteiger charge is 2.10. The van der Waals surface area contributed by atoms with E-state index in [9.17, 15) is 4.79 Å². The number of aliphatic hydroxyl groups is 1. The number of aryl methyl sites for hydroxylation is 1. The van der Waals surface area contributed by atoms with E-state index in [0.717, 1.165) is 10.0 Å². The number of halogens is 1. The van der Waals surface area contributed by atoms with Gasteiger partial charge in [0.15, 0.2) is 11.5 Å². The van der Waals surface area contributed by atoms with E-state index in [2.05, 4.69) is 36.4 Å². The van der Waals surface area contributed by atoms with E-state index in [-0.39, 0.29) is 24.5 Å². The molecular formula is C16H19BrN4O4. The van der Waals surface area contributed by atoms with Gasteiger partial charge in [-0.25, -0.2) is 10.4 Å². The third-order valence-corrected chi connectivity index (χ3v) is 4.01. The van der Waals surface area contributed by atoms with Crippen LogP contribution in [0.4, 0.5) is 5.95 Å². The van der Waals surface area contributed by atoms with Crippen molar-refractivity contribution in [3.05, 3.63) is 43.8 Å². The minimum absolute atomic E-state index is 0.106. The highest BCUT2D eigenvalue weighted by Crippen LogP contribution is 2.35. The van der Waals surface area contributed by atoms with Crippen molar-refractivity contribution in [1.82, 2.24) is 9.97 Å². The Kier molecular flexibility index (Phi) is 6.54. The lowest BCUT2D eigenvalue weighted by Gasteiger charge is -2.10. The van der Waals surface area contributed by atoms with Gasteiger partial charge in [0, 0.05) is 18.6 Å². The number of ether oxygens (including phenoxy) is 2. The molecule has 0 amide bonds. The lowest BCUT2D eigenvalue weighted by molar-refractivity contribution is 0.298. The second kappa shape index (κ2) is 8.63. The number of methoxy groups -OCH3 is 2. The van der Waals surface area contributed by atoms with Crippen LogP contribution in [-0.2, 0) is 6.42 Å². The monoisotopic (exact) mass is 410 g/mol. The molecule has 0 bridgehead atoms. The average Bonchev–Trinajstić information content (AvgIpc) is 2.57. The second-order valence-corrected chi connectivity index (χ2v) is 5.91. The highest BCUT2D eigenvalue weighted by molar-refractivity contribution is 9.10. The summed E-state index contributed by atoms with van der Waals surface area (Å²) in [4.78, 5) is 18.7. The number of anilines is 1. The predicted octanol–water partition coefficient (Wildman–Crippen LogP) is 1.84. The molecule has 1 aromatic carbocycles. The van der Waals surface area contributed by atoms with Gasteiger partial charge in [-0.1, -0.05) is 0 Å². The lowest BCUT2D eigenvalue weighted by Crippen LogP contribution is -2.19. The van der Waals surface area contributed by atoms with E-state index in [0.29, 0.717) is 22.8 Å². The van der Waals surface area contributed by atoms with Crippen LogP contribution in [0.1, 0.15) is 16.8 Å². The Morgan fingerprint density at radius 3 is 2.76 bits per heavy atom. The largest absolute Gasteiger partial charge is 0.493 e. The zero-order valence-corrected chi connectivity index (χ0v) is 15.7. The molecule has 0 unspecified atom stereocenters. The Morgan fingerprint density at radius 1 is 1.40 bits per heavy atom. The van der Waals surface area contributed by atoms with Gasteiger partial charge >= 0.3 is 0 Å². The first-order chi connectivity index (χ1) is 12.0. The fraction of sp³-hybridized carbons (Fsp3) is 0.312. The van der Waals surface area contributed by atoms with E-state index in [1.165, 1.54) is 0 Å². The number of rotatable bonds is 7. The number of nitrogens with zero attached hydrogens (tertiary/aromatic N) is 2. The Bertz CT molecular complexity index is 836. The molecular weight excluding hydrogens is 392 g/mol. The van der Waals surface area contributed by atoms with Gasteiger partial charge in [0.2, 0.25) is 5.95 Å². The third kappa shape index (κ3) is 4.58. The van der Waals surface area contributed by atoms with Crippen molar-refractivity contribution in [3.63, 3.8) is 0 Å². The van der Waals surface area contributed by atoms with Crippen molar-refractivity contribution in [2.45, 2.75) is 13.3 Å². The molecule has 25 heavy (non-hydrogen) atoms. The molecule has 134 valence electrons. The van der Waals surface area contributed by atoms with E-state index in [4.69, 9.17) is 14.6 Å². The molecule has 0 aliphatic heterocycles. The molecule has 0 atom stereocenters. The fourth-order valence-electron chi connectivity index (χ4n) is 2.25. The molecule has 0 saturated heterocycles. The topological polar surface area (TPSA) is 109 Å². The van der Waals surface area contributed by atoms with E-state index in [1.807, 2.05) is 6.07 Å². The molecule has 2 rings (SSSR count). The van der Waals surface area contributed by atoms with Gasteiger partial charge in [-0.15, -0.1) is 0 Å². The quantitative estimate of drug-likeness (QED) is 0.474. The first kappa shape index (κ1) is 18.9. The summed E-state index contributed by atoms with van der Waals surface area (Å²) in [7, 11) is 3.11. The number of hydrazone groups is 1. The molecule has 0 spiro atoms. The number of hydrogen-bond donors (Lipinski definition) is 3. The molecule has 0 radical (unpaired) electrons. The lowest BCUT2D eigenvalue weighted by atomic mass is 10.2. The molecule has 8 nitrogen and oxygen atoms in total. The average molecular weight is 411 g/mol. The van der Waals surface area contributed by atoms with Crippen molar-refractivity contribution in [2.24, 2.45) is 5.10 Å². The van der Waals surface area contributed by atoms with Crippen LogP contribution in [0, 0.1) is 6.92 Å². The Hall–Kier alpha value is -2.39. The van der Waals surface area contributed by atoms with Gasteiger partial charge < -0.3 is 14.6 Å². The van der Waals surface area contributed by atoms with Crippen molar-refractivity contribution in [2.75, 3.05) is 26.3 Å². The molecule has 3 N–H and O–H groups in total. The number of aromatic nitrogens is 2. The van der Waals surface area contributed by atoms with Crippen LogP contribution >= 0.6 is 15.9 Å².